The van der Waals surface area contributed by atoms with Crippen LogP contribution >= 0.6 is 0 Å². The maximum Gasteiger partial charge on any atom is 0.244 e. The second-order valence-electron chi connectivity index (χ2n) is 7.72. The molecule has 174 valence electrons. The Morgan fingerprint density at radius 3 is 1.44 bits per heavy atom. The summed E-state index contributed by atoms with van der Waals surface area (Å²) in [6, 6.07) is 7.07. The Morgan fingerprint density at radius 2 is 1.12 bits per heavy atom. The lowest BCUT2D eigenvalue weighted by Crippen LogP contribution is -2.25. The number of sulfonamides is 2. The largest absolute Gasteiger partial charge is 0.271 e. The molecule has 0 atom stereocenters. The van der Waals surface area contributed by atoms with Crippen LogP contribution in [-0.4, -0.2) is 36.4 Å². The van der Waals surface area contributed by atoms with Gasteiger partial charge in [-0.25, -0.2) is 26.3 Å². The van der Waals surface area contributed by atoms with E-state index in [4.69, 9.17) is 0 Å². The first-order valence-electron chi connectivity index (χ1n) is 9.91. The Labute approximate surface area is 188 Å². The van der Waals surface area contributed by atoms with Crippen molar-refractivity contribution in [3.8, 4) is 0 Å². The fourth-order valence-electron chi connectivity index (χ4n) is 3.64. The summed E-state index contributed by atoms with van der Waals surface area (Å²) in [5.41, 5.74) is 3.39. The summed E-state index contributed by atoms with van der Waals surface area (Å²) in [5, 5.41) is 8.32. The lowest BCUT2D eigenvalue weighted by Gasteiger charge is -2.10. The molecule has 0 aliphatic carbocycles. The summed E-state index contributed by atoms with van der Waals surface area (Å²) in [7, 11) is -4.10. The summed E-state index contributed by atoms with van der Waals surface area (Å²) in [6.07, 6.45) is 0. The second-order valence-corrected chi connectivity index (χ2v) is 11.1. The number of aryl methyl sites for hydroxylation is 4. The van der Waals surface area contributed by atoms with Gasteiger partial charge < -0.3 is 0 Å². The predicted octanol–water partition coefficient (Wildman–Crippen LogP) is 1.34. The zero-order chi connectivity index (χ0) is 23.8. The van der Waals surface area contributed by atoms with E-state index in [-0.39, 0.29) is 22.9 Å². The summed E-state index contributed by atoms with van der Waals surface area (Å²) >= 11 is 0. The van der Waals surface area contributed by atoms with Gasteiger partial charge in [-0.05, 0) is 38.8 Å². The third kappa shape index (κ3) is 4.77. The standard InChI is InChI=1S/C20H28N6O4S2/c1-13-19(15(3)25(5)23-13)31(27,28)21-11-17-8-7-9-18(10-17)12-22-32(29,30)20-14(2)24-26(6)16(20)4/h7-10,21-22H,11-12H2,1-6H3. The van der Waals surface area contributed by atoms with Crippen molar-refractivity contribution in [2.75, 3.05) is 0 Å². The number of nitrogens with zero attached hydrogens (tertiary/aromatic N) is 4. The average Bonchev–Trinajstić information content (AvgIpc) is 3.12. The molecule has 0 saturated heterocycles. The van der Waals surface area contributed by atoms with Crippen molar-refractivity contribution in [1.82, 2.24) is 29.0 Å². The molecule has 0 fully saturated rings. The fourth-order valence-corrected chi connectivity index (χ4v) is 6.54. The van der Waals surface area contributed by atoms with Crippen LogP contribution in [0.25, 0.3) is 0 Å². The van der Waals surface area contributed by atoms with Gasteiger partial charge in [0.25, 0.3) is 0 Å². The van der Waals surface area contributed by atoms with Crippen molar-refractivity contribution in [2.24, 2.45) is 14.1 Å². The van der Waals surface area contributed by atoms with Gasteiger partial charge in [-0.3, -0.25) is 9.36 Å². The predicted molar refractivity (Wildman–Crippen MR) is 120 cm³/mol. The summed E-state index contributed by atoms with van der Waals surface area (Å²) < 4.78 is 59.3. The van der Waals surface area contributed by atoms with E-state index < -0.39 is 20.0 Å². The van der Waals surface area contributed by atoms with E-state index in [0.717, 1.165) is 0 Å². The highest BCUT2D eigenvalue weighted by Crippen LogP contribution is 2.20. The van der Waals surface area contributed by atoms with Crippen molar-refractivity contribution in [2.45, 2.75) is 50.6 Å². The van der Waals surface area contributed by atoms with Crippen molar-refractivity contribution in [3.63, 3.8) is 0 Å². The van der Waals surface area contributed by atoms with Gasteiger partial charge in [0, 0.05) is 27.2 Å². The Morgan fingerprint density at radius 1 is 0.750 bits per heavy atom. The molecule has 12 heteroatoms. The number of nitrogens with one attached hydrogen (secondary N) is 2. The molecule has 0 saturated carbocycles. The van der Waals surface area contributed by atoms with Gasteiger partial charge in [-0.15, -0.1) is 0 Å². The maximum absolute atomic E-state index is 12.8. The Kier molecular flexibility index (Phi) is 6.61. The Hall–Kier alpha value is -2.54. The van der Waals surface area contributed by atoms with Gasteiger partial charge in [0.2, 0.25) is 20.0 Å². The molecule has 3 aromatic rings. The van der Waals surface area contributed by atoms with Crippen LogP contribution in [0.3, 0.4) is 0 Å². The van der Waals surface area contributed by atoms with E-state index >= 15 is 0 Å². The van der Waals surface area contributed by atoms with Crippen molar-refractivity contribution < 1.29 is 16.8 Å². The molecule has 0 aliphatic heterocycles. The van der Waals surface area contributed by atoms with Crippen LogP contribution in [0.1, 0.15) is 33.9 Å². The molecule has 2 aromatic heterocycles. The minimum Gasteiger partial charge on any atom is -0.271 e. The molecule has 0 amide bonds. The molecule has 2 N–H and O–H groups in total. The molecule has 2 heterocycles. The minimum absolute atomic E-state index is 0.0670. The number of rotatable bonds is 8. The van der Waals surface area contributed by atoms with Gasteiger partial charge in [0.05, 0.1) is 22.8 Å². The molecular weight excluding hydrogens is 452 g/mol. The number of benzene rings is 1. The average molecular weight is 481 g/mol. The van der Waals surface area contributed by atoms with Crippen LogP contribution in [0.15, 0.2) is 34.1 Å². The zero-order valence-electron chi connectivity index (χ0n) is 19.0. The van der Waals surface area contributed by atoms with Gasteiger partial charge in [0.15, 0.2) is 0 Å². The van der Waals surface area contributed by atoms with Gasteiger partial charge in [0.1, 0.15) is 9.79 Å². The quantitative estimate of drug-likeness (QED) is 0.501. The van der Waals surface area contributed by atoms with Crippen molar-refractivity contribution in [1.29, 1.82) is 0 Å². The smallest absolute Gasteiger partial charge is 0.244 e. The first-order chi connectivity index (χ1) is 14.8. The Balaban J connectivity index is 1.72. The number of hydrogen-bond donors (Lipinski definition) is 2. The van der Waals surface area contributed by atoms with E-state index in [1.165, 1.54) is 9.36 Å². The SMILES string of the molecule is Cc1nn(C)c(C)c1S(=O)(=O)NCc1cccc(CNS(=O)(=O)c2c(C)nn(C)c2C)c1. The second kappa shape index (κ2) is 8.77. The Bertz CT molecular complexity index is 1270. The fraction of sp³-hybridized carbons (Fsp3) is 0.400. The molecule has 3 rings (SSSR count). The molecule has 10 nitrogen and oxygen atoms in total. The highest BCUT2D eigenvalue weighted by atomic mass is 32.2. The van der Waals surface area contributed by atoms with Crippen LogP contribution in [0, 0.1) is 27.7 Å². The monoisotopic (exact) mass is 480 g/mol. The van der Waals surface area contributed by atoms with E-state index in [1.54, 1.807) is 66.1 Å². The van der Waals surface area contributed by atoms with Gasteiger partial charge >= 0.3 is 0 Å². The molecule has 0 bridgehead atoms. The number of hydrogen-bond acceptors (Lipinski definition) is 6. The highest BCUT2D eigenvalue weighted by molar-refractivity contribution is 7.89. The maximum atomic E-state index is 12.8. The molecular formula is C20H28N6O4S2. The van der Waals surface area contributed by atoms with Crippen molar-refractivity contribution in [3.05, 3.63) is 58.2 Å². The van der Waals surface area contributed by atoms with Gasteiger partial charge in [-0.1, -0.05) is 24.3 Å². The van der Waals surface area contributed by atoms with Gasteiger partial charge in [-0.2, -0.15) is 10.2 Å². The highest BCUT2D eigenvalue weighted by Gasteiger charge is 2.24. The normalized spacial score (nSPS) is 12.4. The minimum atomic E-state index is -3.74. The summed E-state index contributed by atoms with van der Waals surface area (Å²) in [4.78, 5) is 0.345. The van der Waals surface area contributed by atoms with Crippen LogP contribution in [0.2, 0.25) is 0 Å². The molecule has 0 unspecified atom stereocenters. The summed E-state index contributed by atoms with van der Waals surface area (Å²) in [5.74, 6) is 0. The lowest BCUT2D eigenvalue weighted by atomic mass is 10.1. The first kappa shape index (κ1) is 24.1. The molecule has 32 heavy (non-hydrogen) atoms. The molecule has 0 radical (unpaired) electrons. The van der Waals surface area contributed by atoms with Crippen LogP contribution in [-0.2, 0) is 47.2 Å². The molecule has 0 aliphatic rings. The first-order valence-corrected chi connectivity index (χ1v) is 12.9. The van der Waals surface area contributed by atoms with Crippen LogP contribution < -0.4 is 9.44 Å². The van der Waals surface area contributed by atoms with E-state index in [0.29, 0.717) is 33.9 Å². The van der Waals surface area contributed by atoms with E-state index in [1.807, 2.05) is 0 Å². The van der Waals surface area contributed by atoms with Crippen molar-refractivity contribution >= 4 is 20.0 Å². The van der Waals surface area contributed by atoms with Crippen LogP contribution in [0.5, 0.6) is 0 Å². The topological polar surface area (TPSA) is 128 Å². The molecule has 0 spiro atoms. The van der Waals surface area contributed by atoms with E-state index in [9.17, 15) is 16.8 Å². The zero-order valence-corrected chi connectivity index (χ0v) is 20.6. The molecule has 1 aromatic carbocycles. The third-order valence-electron chi connectivity index (χ3n) is 5.35. The lowest BCUT2D eigenvalue weighted by molar-refractivity contribution is 0.578. The number of aromatic nitrogens is 4. The van der Waals surface area contributed by atoms with Crippen LogP contribution in [0.4, 0.5) is 0 Å². The summed E-state index contributed by atoms with van der Waals surface area (Å²) in [6.45, 7) is 6.84. The van der Waals surface area contributed by atoms with E-state index in [2.05, 4.69) is 19.6 Å². The third-order valence-corrected chi connectivity index (χ3v) is 8.65.